The van der Waals surface area contributed by atoms with Crippen molar-refractivity contribution < 1.29 is 0 Å². The van der Waals surface area contributed by atoms with Crippen LogP contribution in [-0.2, 0) is 0 Å². The Morgan fingerprint density at radius 3 is 1.71 bits per heavy atom. The predicted molar refractivity (Wildman–Crippen MR) is 131 cm³/mol. The molecule has 0 atom stereocenters. The van der Waals surface area contributed by atoms with Crippen molar-refractivity contribution in [2.45, 2.75) is 4.90 Å². The van der Waals surface area contributed by atoms with Gasteiger partial charge in [-0.2, -0.15) is 0 Å². The van der Waals surface area contributed by atoms with Crippen molar-refractivity contribution in [1.82, 2.24) is 14.9 Å². The summed E-state index contributed by atoms with van der Waals surface area (Å²) in [6.07, 6.45) is 3.35. The summed E-state index contributed by atoms with van der Waals surface area (Å²) in [4.78, 5) is 35.7. The maximum atomic E-state index is 12.5. The molecule has 0 unspecified atom stereocenters. The maximum absolute atomic E-state index is 12.5. The number of nitrogens with one attached hydrogen (secondary N) is 2. The summed E-state index contributed by atoms with van der Waals surface area (Å²) in [5, 5.41) is 0.463. The number of anilines is 1. The van der Waals surface area contributed by atoms with Gasteiger partial charge in [-0.05, 0) is 61.6 Å². The van der Waals surface area contributed by atoms with E-state index in [1.807, 2.05) is 67.5 Å². The lowest BCUT2D eigenvalue weighted by Gasteiger charge is -2.11. The minimum atomic E-state index is -0.335. The fourth-order valence-electron chi connectivity index (χ4n) is 2.90. The molecule has 0 saturated carbocycles. The molecule has 0 amide bonds. The van der Waals surface area contributed by atoms with Gasteiger partial charge in [0.05, 0.1) is 0 Å². The van der Waals surface area contributed by atoms with E-state index in [0.717, 1.165) is 29.1 Å². The van der Waals surface area contributed by atoms with E-state index in [-0.39, 0.29) is 21.8 Å². The van der Waals surface area contributed by atoms with Crippen LogP contribution in [-0.4, -0.2) is 55.4 Å². The van der Waals surface area contributed by atoms with Crippen LogP contribution in [0.4, 0.5) is 5.69 Å². The van der Waals surface area contributed by atoms with Gasteiger partial charge in [0.1, 0.15) is 10.7 Å². The van der Waals surface area contributed by atoms with E-state index in [9.17, 15) is 9.59 Å². The summed E-state index contributed by atoms with van der Waals surface area (Å²) in [6.45, 7) is 1.01. The standard InChI is InChI=1S/C24H28N4O2S/c1-27(2)13-14-31-20-11-7-18(8-12-20)16-22-24(30)25-21(23(29)26-22)15-17-5-9-19(10-6-17)28(3)4/h5-12,15-16H,13-14H2,1-4H3,(H,25,30)(H,26,29). The summed E-state index contributed by atoms with van der Waals surface area (Å²) in [6, 6.07) is 15.7. The van der Waals surface area contributed by atoms with Gasteiger partial charge in [-0.25, -0.2) is 0 Å². The highest BCUT2D eigenvalue weighted by atomic mass is 32.2. The quantitative estimate of drug-likeness (QED) is 0.549. The lowest BCUT2D eigenvalue weighted by molar-refractivity contribution is 0.437. The Labute approximate surface area is 185 Å². The van der Waals surface area contributed by atoms with Crippen molar-refractivity contribution in [2.24, 2.45) is 0 Å². The van der Waals surface area contributed by atoms with Crippen LogP contribution in [0.15, 0.2) is 63.0 Å². The van der Waals surface area contributed by atoms with E-state index in [2.05, 4.69) is 29.0 Å². The van der Waals surface area contributed by atoms with Gasteiger partial charge in [-0.1, -0.05) is 24.3 Å². The number of thioether (sulfide) groups is 1. The molecule has 2 N–H and O–H groups in total. The summed E-state index contributed by atoms with van der Waals surface area (Å²) >= 11 is 1.79. The van der Waals surface area contributed by atoms with E-state index < -0.39 is 0 Å². The number of H-pyrrole nitrogens is 2. The van der Waals surface area contributed by atoms with E-state index in [4.69, 9.17) is 0 Å². The predicted octanol–water partition coefficient (Wildman–Crippen LogP) is 1.44. The fraction of sp³-hybridized carbons (Fsp3) is 0.250. The minimum absolute atomic E-state index is 0.229. The molecule has 162 valence electrons. The third-order valence-electron chi connectivity index (χ3n) is 4.70. The topological polar surface area (TPSA) is 72.2 Å². The number of hydrogen-bond donors (Lipinski definition) is 2. The summed E-state index contributed by atoms with van der Waals surface area (Å²) in [7, 11) is 8.04. The Morgan fingerprint density at radius 2 is 1.26 bits per heavy atom. The van der Waals surface area contributed by atoms with Gasteiger partial charge >= 0.3 is 0 Å². The van der Waals surface area contributed by atoms with E-state index in [1.165, 1.54) is 4.90 Å². The smallest absolute Gasteiger partial charge is 0.272 e. The molecule has 3 aromatic rings. The molecule has 7 heteroatoms. The van der Waals surface area contributed by atoms with Crippen LogP contribution in [0.25, 0.3) is 12.2 Å². The largest absolute Gasteiger partial charge is 0.378 e. The molecule has 0 bridgehead atoms. The zero-order valence-electron chi connectivity index (χ0n) is 18.3. The van der Waals surface area contributed by atoms with Crippen LogP contribution in [0.2, 0.25) is 0 Å². The van der Waals surface area contributed by atoms with Gasteiger partial charge in [0.25, 0.3) is 11.1 Å². The molecule has 0 aliphatic carbocycles. The molecule has 2 aromatic carbocycles. The molecule has 3 rings (SSSR count). The molecule has 0 saturated heterocycles. The molecule has 0 aliphatic heterocycles. The molecular weight excluding hydrogens is 408 g/mol. The van der Waals surface area contributed by atoms with Gasteiger partial charge in [-0.15, -0.1) is 11.8 Å². The van der Waals surface area contributed by atoms with E-state index >= 15 is 0 Å². The average molecular weight is 437 g/mol. The zero-order valence-corrected chi connectivity index (χ0v) is 19.1. The van der Waals surface area contributed by atoms with Crippen LogP contribution < -0.4 is 26.7 Å². The Kier molecular flexibility index (Phi) is 7.55. The first-order valence-corrected chi connectivity index (χ1v) is 11.0. The van der Waals surface area contributed by atoms with Crippen LogP contribution >= 0.6 is 11.8 Å². The van der Waals surface area contributed by atoms with Gasteiger partial charge in [0, 0.05) is 37.0 Å². The van der Waals surface area contributed by atoms with Crippen molar-refractivity contribution in [1.29, 1.82) is 0 Å². The normalized spacial score (nSPS) is 12.5. The number of aromatic nitrogens is 2. The van der Waals surface area contributed by atoms with Crippen LogP contribution in [0.5, 0.6) is 0 Å². The Morgan fingerprint density at radius 1 is 0.774 bits per heavy atom. The van der Waals surface area contributed by atoms with Crippen LogP contribution in [0.1, 0.15) is 11.1 Å². The van der Waals surface area contributed by atoms with Crippen molar-refractivity contribution in [2.75, 3.05) is 45.4 Å². The van der Waals surface area contributed by atoms with Gasteiger partial charge in [0.2, 0.25) is 0 Å². The highest BCUT2D eigenvalue weighted by molar-refractivity contribution is 7.99. The first-order chi connectivity index (χ1) is 14.8. The fourth-order valence-corrected chi connectivity index (χ4v) is 3.93. The maximum Gasteiger partial charge on any atom is 0.272 e. The number of nitrogens with zero attached hydrogens (tertiary/aromatic N) is 2. The minimum Gasteiger partial charge on any atom is -0.378 e. The Bertz CT molecular complexity index is 1240. The number of hydrogen-bond acceptors (Lipinski definition) is 5. The van der Waals surface area contributed by atoms with Gasteiger partial charge in [-0.3, -0.25) is 9.59 Å². The SMILES string of the molecule is CN(C)CCSc1ccc(C=c2[nH]c(=O)c(=Cc3ccc(N(C)C)cc3)[nH]c2=O)cc1. The first-order valence-electron chi connectivity index (χ1n) is 10.0. The van der Waals surface area contributed by atoms with Crippen molar-refractivity contribution in [3.05, 3.63) is 91.1 Å². The summed E-state index contributed by atoms with van der Waals surface area (Å²) in [5.74, 6) is 1.01. The molecule has 0 aliphatic rings. The van der Waals surface area contributed by atoms with Crippen molar-refractivity contribution >= 4 is 29.6 Å². The average Bonchev–Trinajstić information content (AvgIpc) is 2.73. The van der Waals surface area contributed by atoms with E-state index in [0.29, 0.717) is 0 Å². The molecule has 1 aromatic heterocycles. The Balaban J connectivity index is 1.84. The second-order valence-electron chi connectivity index (χ2n) is 7.73. The lowest BCUT2D eigenvalue weighted by Crippen LogP contribution is -2.46. The first kappa shape index (κ1) is 22.7. The van der Waals surface area contributed by atoms with Crippen molar-refractivity contribution in [3.8, 4) is 0 Å². The van der Waals surface area contributed by atoms with Gasteiger partial charge < -0.3 is 19.8 Å². The highest BCUT2D eigenvalue weighted by Crippen LogP contribution is 2.18. The van der Waals surface area contributed by atoms with Crippen LogP contribution in [0.3, 0.4) is 0 Å². The van der Waals surface area contributed by atoms with E-state index in [1.54, 1.807) is 23.9 Å². The van der Waals surface area contributed by atoms with Gasteiger partial charge in [0.15, 0.2) is 0 Å². The lowest BCUT2D eigenvalue weighted by atomic mass is 10.2. The molecular formula is C24H28N4O2S. The second kappa shape index (κ2) is 10.3. The number of benzene rings is 2. The third kappa shape index (κ3) is 6.47. The molecule has 0 spiro atoms. The van der Waals surface area contributed by atoms with Crippen LogP contribution in [0, 0.1) is 0 Å². The summed E-state index contributed by atoms with van der Waals surface area (Å²) < 4.78 is 0. The molecule has 1 heterocycles. The highest BCUT2D eigenvalue weighted by Gasteiger charge is 2.00. The summed E-state index contributed by atoms with van der Waals surface area (Å²) in [5.41, 5.74) is 2.09. The monoisotopic (exact) mass is 436 g/mol. The molecule has 0 fully saturated rings. The second-order valence-corrected chi connectivity index (χ2v) is 8.90. The van der Waals surface area contributed by atoms with Crippen molar-refractivity contribution in [3.63, 3.8) is 0 Å². The molecule has 31 heavy (non-hydrogen) atoms. The molecule has 0 radical (unpaired) electrons. The Hall–Kier alpha value is -3.03. The molecule has 6 nitrogen and oxygen atoms in total. The number of aromatic amines is 2. The zero-order chi connectivity index (χ0) is 22.4. The third-order valence-corrected chi connectivity index (χ3v) is 5.70. The number of rotatable bonds is 7.